The minimum atomic E-state index is -0.912. The van der Waals surface area contributed by atoms with Crippen molar-refractivity contribution >= 4 is 17.4 Å². The minimum absolute atomic E-state index is 0.139. The summed E-state index contributed by atoms with van der Waals surface area (Å²) in [7, 11) is 3.01. The number of aromatic hydroxyl groups is 1. The van der Waals surface area contributed by atoms with Crippen molar-refractivity contribution in [3.05, 3.63) is 47.1 Å². The Hall–Kier alpha value is -2.52. The molecule has 0 aromatic heterocycles. The van der Waals surface area contributed by atoms with Gasteiger partial charge in [-0.2, -0.15) is 0 Å². The average molecular weight is 490 g/mol. The van der Waals surface area contributed by atoms with E-state index in [9.17, 15) is 24.9 Å². The summed E-state index contributed by atoms with van der Waals surface area (Å²) < 4.78 is 11.0. The summed E-state index contributed by atoms with van der Waals surface area (Å²) in [6, 6.07) is 4.27. The highest BCUT2D eigenvalue weighted by molar-refractivity contribution is 6.05. The topological polar surface area (TPSA) is 125 Å². The number of carbonyl (C=O) groups excluding carboxylic acids is 2. The second kappa shape index (κ2) is 13.0. The van der Waals surface area contributed by atoms with Crippen molar-refractivity contribution in [3.8, 4) is 5.75 Å². The van der Waals surface area contributed by atoms with Crippen LogP contribution in [0.1, 0.15) is 57.3 Å². The maximum absolute atomic E-state index is 13.1. The molecule has 0 radical (unpaired) electrons. The first-order valence-electron chi connectivity index (χ1n) is 11.9. The summed E-state index contributed by atoms with van der Waals surface area (Å²) in [5.41, 5.74) is 1.68. The highest BCUT2D eigenvalue weighted by Crippen LogP contribution is 2.27. The number of amides is 1. The molecule has 6 atom stereocenters. The van der Waals surface area contributed by atoms with Crippen molar-refractivity contribution in [1.82, 2.24) is 0 Å². The van der Waals surface area contributed by atoms with Crippen molar-refractivity contribution in [3.63, 3.8) is 0 Å². The van der Waals surface area contributed by atoms with Gasteiger partial charge >= 0.3 is 0 Å². The molecule has 1 heterocycles. The Morgan fingerprint density at radius 1 is 1.00 bits per heavy atom. The van der Waals surface area contributed by atoms with Gasteiger partial charge in [-0.15, -0.1) is 0 Å². The van der Waals surface area contributed by atoms with E-state index in [4.69, 9.17) is 9.47 Å². The molecule has 8 nitrogen and oxygen atoms in total. The molecular formula is C27H39NO7. The average Bonchev–Trinajstić information content (AvgIpc) is 2.82. The Balaban J connectivity index is 2.46. The minimum Gasteiger partial charge on any atom is -0.508 e. The number of benzene rings is 1. The molecule has 1 amide bonds. The summed E-state index contributed by atoms with van der Waals surface area (Å²) >= 11 is 0. The molecule has 0 fully saturated rings. The third-order valence-corrected chi connectivity index (χ3v) is 6.62. The van der Waals surface area contributed by atoms with Gasteiger partial charge in [0, 0.05) is 48.9 Å². The normalized spacial score (nSPS) is 32.8. The molecule has 194 valence electrons. The van der Waals surface area contributed by atoms with E-state index in [-0.39, 0.29) is 35.3 Å². The molecule has 4 N–H and O–H groups in total. The van der Waals surface area contributed by atoms with Crippen molar-refractivity contribution in [1.29, 1.82) is 0 Å². The van der Waals surface area contributed by atoms with Gasteiger partial charge in [0.1, 0.15) is 11.9 Å². The lowest BCUT2D eigenvalue weighted by Gasteiger charge is -2.28. The number of phenols is 1. The predicted molar refractivity (Wildman–Crippen MR) is 134 cm³/mol. The van der Waals surface area contributed by atoms with E-state index in [1.54, 1.807) is 32.9 Å². The van der Waals surface area contributed by atoms with Gasteiger partial charge in [0.2, 0.25) is 0 Å². The molecule has 35 heavy (non-hydrogen) atoms. The number of carbonyl (C=O) groups is 2. The van der Waals surface area contributed by atoms with Gasteiger partial charge < -0.3 is 30.1 Å². The van der Waals surface area contributed by atoms with E-state index >= 15 is 0 Å². The number of anilines is 1. The van der Waals surface area contributed by atoms with Gasteiger partial charge in [0.05, 0.1) is 18.3 Å². The van der Waals surface area contributed by atoms with E-state index in [0.29, 0.717) is 29.7 Å². The Labute approximate surface area is 207 Å². The Kier molecular flexibility index (Phi) is 10.6. The molecule has 0 spiro atoms. The van der Waals surface area contributed by atoms with Crippen LogP contribution in [0.5, 0.6) is 5.75 Å². The van der Waals surface area contributed by atoms with Crippen LogP contribution in [0, 0.1) is 11.8 Å². The van der Waals surface area contributed by atoms with Gasteiger partial charge in [-0.25, -0.2) is 0 Å². The highest BCUT2D eigenvalue weighted by Gasteiger charge is 2.29. The summed E-state index contributed by atoms with van der Waals surface area (Å²) in [5, 5.41) is 34.7. The Morgan fingerprint density at radius 2 is 1.66 bits per heavy atom. The maximum atomic E-state index is 13.1. The summed E-state index contributed by atoms with van der Waals surface area (Å²) in [6.45, 7) is 7.02. The molecule has 0 unspecified atom stereocenters. The monoisotopic (exact) mass is 489 g/mol. The number of rotatable bonds is 2. The second-order valence-corrected chi connectivity index (χ2v) is 9.44. The van der Waals surface area contributed by atoms with E-state index in [1.807, 2.05) is 6.92 Å². The first-order chi connectivity index (χ1) is 16.5. The Bertz CT molecular complexity index is 955. The molecule has 2 rings (SSSR count). The van der Waals surface area contributed by atoms with Crippen LogP contribution >= 0.6 is 0 Å². The first-order valence-corrected chi connectivity index (χ1v) is 11.9. The number of hydrogen-bond acceptors (Lipinski definition) is 7. The number of hydrogen-bond donors (Lipinski definition) is 4. The number of ether oxygens (including phenoxy) is 2. The van der Waals surface area contributed by atoms with Gasteiger partial charge in [-0.3, -0.25) is 9.59 Å². The van der Waals surface area contributed by atoms with Crippen LogP contribution in [0.15, 0.2) is 41.5 Å². The lowest BCUT2D eigenvalue weighted by atomic mass is 9.87. The third kappa shape index (κ3) is 7.73. The summed E-state index contributed by atoms with van der Waals surface area (Å²) in [6.07, 6.45) is 1.85. The number of nitrogens with one attached hydrogen (secondary N) is 1. The number of methoxy groups -OCH3 is 2. The van der Waals surface area contributed by atoms with Crippen LogP contribution < -0.4 is 5.32 Å². The summed E-state index contributed by atoms with van der Waals surface area (Å²) in [4.78, 5) is 25.8. The lowest BCUT2D eigenvalue weighted by Crippen LogP contribution is -2.36. The summed E-state index contributed by atoms with van der Waals surface area (Å²) in [5.74, 6) is -1.62. The predicted octanol–water partition coefficient (Wildman–Crippen LogP) is 3.61. The number of fused-ring (bicyclic) bond motifs is 2. The van der Waals surface area contributed by atoms with E-state index in [2.05, 4.69) is 5.32 Å². The number of Topliss-reactive ketones (excluding diaryl/α,β-unsaturated/α-hetero) is 1. The third-order valence-electron chi connectivity index (χ3n) is 6.62. The lowest BCUT2D eigenvalue weighted by molar-refractivity contribution is -0.112. The molecular weight excluding hydrogens is 450 g/mol. The molecule has 0 saturated carbocycles. The Morgan fingerprint density at radius 3 is 2.29 bits per heavy atom. The first kappa shape index (κ1) is 28.7. The number of aliphatic hydroxyl groups excluding tert-OH is 2. The smallest absolute Gasteiger partial charge is 0.250 e. The SMILES string of the molecule is CO[C@H]1C[C@H](C)C(=O)c2cc(O)cc(c2)NC(=O)/C(C)=C/CC[C@H](OC)[C@@H](O)/C(C)=C/[C@H](C)[C@H]1O. The van der Waals surface area contributed by atoms with Crippen LogP contribution in [0.25, 0.3) is 0 Å². The fourth-order valence-electron chi connectivity index (χ4n) is 4.38. The largest absolute Gasteiger partial charge is 0.508 e. The zero-order valence-electron chi connectivity index (χ0n) is 21.4. The number of allylic oxidation sites excluding steroid dienone is 1. The zero-order chi connectivity index (χ0) is 26.3. The van der Waals surface area contributed by atoms with Crippen molar-refractivity contribution in [2.75, 3.05) is 19.5 Å². The molecule has 1 aliphatic heterocycles. The van der Waals surface area contributed by atoms with Crippen LogP contribution in [-0.2, 0) is 14.3 Å². The molecule has 0 saturated heterocycles. The van der Waals surface area contributed by atoms with Gasteiger partial charge in [-0.1, -0.05) is 26.0 Å². The zero-order valence-corrected chi connectivity index (χ0v) is 21.4. The van der Waals surface area contributed by atoms with Crippen molar-refractivity contribution in [2.45, 2.75) is 71.4 Å². The standard InChI is InChI=1S/C27H39NO7/c1-15-8-7-9-22(34-5)25(31)16(2)10-17(3)26(32)23(35-6)11-18(4)24(30)19-12-20(28-27(15)33)14-21(29)13-19/h8,10,12-14,17-18,22-23,25-26,29,31-32H,7,9,11H2,1-6H3,(H,28,33)/b15-8+,16-10+/t17-,18-,22-,23-,25-,26+/m0/s1. The second-order valence-electron chi connectivity index (χ2n) is 9.44. The van der Waals surface area contributed by atoms with Crippen LogP contribution in [0.4, 0.5) is 5.69 Å². The van der Waals surface area contributed by atoms with Crippen molar-refractivity contribution in [2.24, 2.45) is 11.8 Å². The molecule has 1 aromatic carbocycles. The molecule has 1 aromatic rings. The van der Waals surface area contributed by atoms with Crippen molar-refractivity contribution < 1.29 is 34.4 Å². The van der Waals surface area contributed by atoms with E-state index < -0.39 is 30.3 Å². The van der Waals surface area contributed by atoms with Gasteiger partial charge in [0.25, 0.3) is 5.91 Å². The number of aliphatic hydroxyl groups is 2. The van der Waals surface area contributed by atoms with Crippen LogP contribution in [-0.4, -0.2) is 65.6 Å². The quantitative estimate of drug-likeness (QED) is 0.468. The van der Waals surface area contributed by atoms with Gasteiger partial charge in [0.15, 0.2) is 5.78 Å². The van der Waals surface area contributed by atoms with Crippen LogP contribution in [0.2, 0.25) is 0 Å². The van der Waals surface area contributed by atoms with E-state index in [1.165, 1.54) is 32.4 Å². The highest BCUT2D eigenvalue weighted by atomic mass is 16.5. The fourth-order valence-corrected chi connectivity index (χ4v) is 4.38. The molecule has 8 heteroatoms. The molecule has 1 aliphatic rings. The molecule has 0 aliphatic carbocycles. The van der Waals surface area contributed by atoms with Gasteiger partial charge in [-0.05, 0) is 50.8 Å². The number of phenolic OH excluding ortho intramolecular Hbond substituents is 1. The fraction of sp³-hybridized carbons (Fsp3) is 0.556. The van der Waals surface area contributed by atoms with E-state index in [0.717, 1.165) is 0 Å². The van der Waals surface area contributed by atoms with Crippen LogP contribution in [0.3, 0.4) is 0 Å². The molecule has 2 bridgehead atoms. The number of ketones is 1. The maximum Gasteiger partial charge on any atom is 0.250 e.